The lowest BCUT2D eigenvalue weighted by Crippen LogP contribution is -1.96. The Bertz CT molecular complexity index is 588. The number of nitrogens with one attached hydrogen (secondary N) is 1. The van der Waals surface area contributed by atoms with Gasteiger partial charge in [0.2, 0.25) is 5.89 Å². The van der Waals surface area contributed by atoms with E-state index < -0.39 is 0 Å². The normalized spacial score (nSPS) is 10.9. The van der Waals surface area contributed by atoms with Gasteiger partial charge in [0.15, 0.2) is 0 Å². The van der Waals surface area contributed by atoms with Crippen LogP contribution in [0.4, 0.5) is 0 Å². The minimum atomic E-state index is 0.277. The lowest BCUT2D eigenvalue weighted by atomic mass is 10.5. The zero-order valence-corrected chi connectivity index (χ0v) is 10.2. The Morgan fingerprint density at radius 2 is 2.33 bits per heavy atom. The molecule has 0 spiro atoms. The highest BCUT2D eigenvalue weighted by molar-refractivity contribution is 7.13. The molecule has 0 saturated heterocycles. The summed E-state index contributed by atoms with van der Waals surface area (Å²) in [7, 11) is 0. The van der Waals surface area contributed by atoms with Gasteiger partial charge in [-0.2, -0.15) is 0 Å². The fourth-order valence-electron chi connectivity index (χ4n) is 1.42. The van der Waals surface area contributed by atoms with E-state index in [9.17, 15) is 0 Å². The van der Waals surface area contributed by atoms with Crippen LogP contribution in [0.5, 0.6) is 0 Å². The predicted octanol–water partition coefficient (Wildman–Crippen LogP) is 2.24. The first-order valence-corrected chi connectivity index (χ1v) is 6.22. The number of aromatic amines is 1. The average molecular weight is 262 g/mol. The summed E-state index contributed by atoms with van der Waals surface area (Å²) in [5, 5.41) is 9.85. The largest absolute Gasteiger partial charge is 0.417 e. The Labute approximate surface area is 107 Å². The van der Waals surface area contributed by atoms with Gasteiger partial charge >= 0.3 is 0 Å². The molecule has 1 N–H and O–H groups in total. The zero-order chi connectivity index (χ0) is 12.2. The second-order valence-electron chi connectivity index (χ2n) is 3.51. The maximum absolute atomic E-state index is 5.48. The molecule has 3 heterocycles. The molecule has 0 unspecified atom stereocenters. The summed E-state index contributed by atoms with van der Waals surface area (Å²) in [6, 6.07) is 3.88. The third-order valence-electron chi connectivity index (χ3n) is 2.22. The number of hydrogen-bond donors (Lipinski definition) is 1. The summed E-state index contributed by atoms with van der Waals surface area (Å²) in [5.74, 6) is 1.76. The number of nitrogens with zero attached hydrogens (tertiary/aromatic N) is 3. The first-order chi connectivity index (χ1) is 8.92. The van der Waals surface area contributed by atoms with E-state index in [0.717, 1.165) is 10.7 Å². The van der Waals surface area contributed by atoms with Crippen LogP contribution in [0, 0.1) is 0 Å². The van der Waals surface area contributed by atoms with E-state index in [4.69, 9.17) is 9.15 Å². The minimum absolute atomic E-state index is 0.277. The smallest absolute Gasteiger partial charge is 0.257 e. The number of rotatable bonds is 5. The first kappa shape index (κ1) is 11.1. The molecule has 92 valence electrons. The van der Waals surface area contributed by atoms with Crippen LogP contribution in [-0.2, 0) is 18.0 Å². The van der Waals surface area contributed by atoms with Crippen molar-refractivity contribution in [1.29, 1.82) is 0 Å². The van der Waals surface area contributed by atoms with Crippen molar-refractivity contribution in [3.63, 3.8) is 0 Å². The van der Waals surface area contributed by atoms with E-state index in [0.29, 0.717) is 18.4 Å². The molecule has 0 bridgehead atoms. The molecule has 3 rings (SSSR count). The van der Waals surface area contributed by atoms with Crippen molar-refractivity contribution in [3.8, 4) is 10.8 Å². The van der Waals surface area contributed by atoms with Crippen molar-refractivity contribution >= 4 is 11.3 Å². The van der Waals surface area contributed by atoms with E-state index in [2.05, 4.69) is 20.2 Å². The fraction of sp³-hybridized carbons (Fsp3) is 0.182. The number of hydrogen-bond acceptors (Lipinski definition) is 6. The lowest BCUT2D eigenvalue weighted by Gasteiger charge is -1.97. The van der Waals surface area contributed by atoms with Crippen molar-refractivity contribution < 1.29 is 9.15 Å². The van der Waals surface area contributed by atoms with Gasteiger partial charge in [-0.1, -0.05) is 6.07 Å². The summed E-state index contributed by atoms with van der Waals surface area (Å²) in [4.78, 5) is 7.96. The highest BCUT2D eigenvalue weighted by Gasteiger charge is 2.09. The number of H-pyrrole nitrogens is 1. The van der Waals surface area contributed by atoms with Crippen LogP contribution in [0.15, 0.2) is 34.3 Å². The Kier molecular flexibility index (Phi) is 3.16. The van der Waals surface area contributed by atoms with Gasteiger partial charge in [-0.05, 0) is 11.4 Å². The highest BCUT2D eigenvalue weighted by atomic mass is 32.1. The van der Waals surface area contributed by atoms with E-state index in [1.807, 2.05) is 17.5 Å². The number of aromatic nitrogens is 4. The van der Waals surface area contributed by atoms with Gasteiger partial charge in [0, 0.05) is 12.4 Å². The molecule has 0 fully saturated rings. The van der Waals surface area contributed by atoms with Crippen molar-refractivity contribution in [2.24, 2.45) is 0 Å². The molecule has 18 heavy (non-hydrogen) atoms. The molecule has 0 saturated carbocycles. The Hall–Kier alpha value is -1.99. The summed E-state index contributed by atoms with van der Waals surface area (Å²) < 4.78 is 10.9. The third-order valence-corrected chi connectivity index (χ3v) is 3.08. The molecule has 0 aromatic carbocycles. The third kappa shape index (κ3) is 2.47. The van der Waals surface area contributed by atoms with Crippen LogP contribution in [0.3, 0.4) is 0 Å². The van der Waals surface area contributed by atoms with Crippen LogP contribution in [0.25, 0.3) is 10.8 Å². The molecule has 0 aliphatic carbocycles. The minimum Gasteiger partial charge on any atom is -0.417 e. The van der Waals surface area contributed by atoms with Crippen LogP contribution < -0.4 is 0 Å². The van der Waals surface area contributed by atoms with Crippen molar-refractivity contribution in [3.05, 3.63) is 41.6 Å². The fourth-order valence-corrected chi connectivity index (χ4v) is 2.07. The van der Waals surface area contributed by atoms with E-state index in [1.54, 1.807) is 23.7 Å². The summed E-state index contributed by atoms with van der Waals surface area (Å²) >= 11 is 1.56. The van der Waals surface area contributed by atoms with Crippen molar-refractivity contribution in [2.75, 3.05) is 0 Å². The van der Waals surface area contributed by atoms with Crippen LogP contribution >= 0.6 is 11.3 Å². The number of thiophene rings is 1. The van der Waals surface area contributed by atoms with E-state index >= 15 is 0 Å². The molecule has 7 heteroatoms. The second kappa shape index (κ2) is 5.11. The van der Waals surface area contributed by atoms with Crippen molar-refractivity contribution in [1.82, 2.24) is 20.2 Å². The Balaban J connectivity index is 1.57. The topological polar surface area (TPSA) is 76.8 Å². The molecule has 0 amide bonds. The quantitative estimate of drug-likeness (QED) is 0.763. The maximum atomic E-state index is 5.48. The van der Waals surface area contributed by atoms with Gasteiger partial charge in [0.1, 0.15) is 19.0 Å². The van der Waals surface area contributed by atoms with E-state index in [1.165, 1.54) is 0 Å². The number of imidazole rings is 1. The van der Waals surface area contributed by atoms with Gasteiger partial charge in [0.25, 0.3) is 5.89 Å². The summed E-state index contributed by atoms with van der Waals surface area (Å²) in [6.07, 6.45) is 3.43. The Morgan fingerprint density at radius 3 is 3.11 bits per heavy atom. The van der Waals surface area contributed by atoms with Crippen LogP contribution in [0.2, 0.25) is 0 Å². The molecule has 3 aromatic rings. The molecule has 3 aromatic heterocycles. The molecule has 0 aliphatic heterocycles. The summed E-state index contributed by atoms with van der Waals surface area (Å²) in [5.41, 5.74) is 0. The van der Waals surface area contributed by atoms with Crippen LogP contribution in [0.1, 0.15) is 11.7 Å². The average Bonchev–Trinajstić information content (AvgIpc) is 3.12. The zero-order valence-electron chi connectivity index (χ0n) is 9.37. The molecule has 0 radical (unpaired) electrons. The van der Waals surface area contributed by atoms with Gasteiger partial charge in [-0.3, -0.25) is 0 Å². The molecular formula is C11H10N4O2S. The van der Waals surface area contributed by atoms with Crippen LogP contribution in [-0.4, -0.2) is 20.2 Å². The maximum Gasteiger partial charge on any atom is 0.257 e. The lowest BCUT2D eigenvalue weighted by molar-refractivity contribution is 0.0856. The second-order valence-corrected chi connectivity index (χ2v) is 4.45. The molecule has 6 nitrogen and oxygen atoms in total. The molecular weight excluding hydrogens is 252 g/mol. The standard InChI is InChI=1S/C11H10N4O2S/c1-2-8(18-5-1)11-15-14-10(17-11)7-16-6-9-12-3-4-13-9/h1-5H,6-7H2,(H,12,13). The van der Waals surface area contributed by atoms with E-state index in [-0.39, 0.29) is 6.61 Å². The monoisotopic (exact) mass is 262 g/mol. The predicted molar refractivity (Wildman–Crippen MR) is 64.7 cm³/mol. The molecule has 0 atom stereocenters. The first-order valence-electron chi connectivity index (χ1n) is 5.34. The number of ether oxygens (including phenoxy) is 1. The van der Waals surface area contributed by atoms with Gasteiger partial charge in [-0.15, -0.1) is 21.5 Å². The summed E-state index contributed by atoms with van der Waals surface area (Å²) in [6.45, 7) is 0.669. The van der Waals surface area contributed by atoms with Gasteiger partial charge in [-0.25, -0.2) is 4.98 Å². The molecule has 0 aliphatic rings. The SMILES string of the molecule is c1csc(-c2nnc(COCc3ncc[nH]3)o2)c1. The highest BCUT2D eigenvalue weighted by Crippen LogP contribution is 2.23. The van der Waals surface area contributed by atoms with Gasteiger partial charge < -0.3 is 14.1 Å². The Morgan fingerprint density at radius 1 is 1.33 bits per heavy atom. The van der Waals surface area contributed by atoms with Crippen molar-refractivity contribution in [2.45, 2.75) is 13.2 Å². The van der Waals surface area contributed by atoms with Gasteiger partial charge in [0.05, 0.1) is 4.88 Å².